The minimum Gasteiger partial charge on any atom is -0.444 e. The summed E-state index contributed by atoms with van der Waals surface area (Å²) < 4.78 is 20.9. The Kier molecular flexibility index (Phi) is 6.00. The average molecular weight is 500 g/mol. The molecule has 0 spiro atoms. The van der Waals surface area contributed by atoms with Crippen molar-refractivity contribution in [3.63, 3.8) is 0 Å². The fourth-order valence-electron chi connectivity index (χ4n) is 4.34. The molecule has 0 atom stereocenters. The van der Waals surface area contributed by atoms with E-state index in [1.165, 1.54) is 12.3 Å². The highest BCUT2D eigenvalue weighted by atomic mass is 35.5. The molecule has 0 bridgehead atoms. The lowest BCUT2D eigenvalue weighted by molar-refractivity contribution is 0.0214. The number of halogens is 2. The first kappa shape index (κ1) is 23.3. The van der Waals surface area contributed by atoms with Crippen LogP contribution < -0.4 is 9.80 Å². The van der Waals surface area contributed by atoms with Crippen molar-refractivity contribution in [3.05, 3.63) is 58.8 Å². The number of amides is 1. The standard InChI is InChI=1S/C24H27ClFN7O2/c1-24(2,3)35-23(34)32-14-16-12-17(25)4-6-19(16)33-21(15-32)28-29-22(33)31-10-8-30(9-11-31)20-7-5-18(26)13-27-20/h4-7,12-13H,8-11,14-15H2,1-3H3. The van der Waals surface area contributed by atoms with Crippen molar-refractivity contribution in [2.24, 2.45) is 0 Å². The molecule has 0 unspecified atom stereocenters. The number of pyridine rings is 1. The summed E-state index contributed by atoms with van der Waals surface area (Å²) in [5.74, 6) is 1.76. The van der Waals surface area contributed by atoms with Gasteiger partial charge in [0.05, 0.1) is 25.0 Å². The fraction of sp³-hybridized carbons (Fsp3) is 0.417. The van der Waals surface area contributed by atoms with E-state index in [9.17, 15) is 9.18 Å². The molecule has 1 amide bonds. The summed E-state index contributed by atoms with van der Waals surface area (Å²) in [7, 11) is 0. The SMILES string of the molecule is CC(C)(C)OC(=O)N1Cc2cc(Cl)ccc2-n2c(nnc2N2CCN(c3ccc(F)cn3)CC2)C1. The van der Waals surface area contributed by atoms with Crippen LogP contribution in [-0.2, 0) is 17.8 Å². The van der Waals surface area contributed by atoms with E-state index in [-0.39, 0.29) is 12.4 Å². The lowest BCUT2D eigenvalue weighted by Gasteiger charge is -2.35. The maximum Gasteiger partial charge on any atom is 0.411 e. The summed E-state index contributed by atoms with van der Waals surface area (Å²) in [6, 6.07) is 8.75. The van der Waals surface area contributed by atoms with Crippen molar-refractivity contribution in [2.75, 3.05) is 36.0 Å². The molecule has 0 radical (unpaired) electrons. The molecule has 3 aromatic rings. The van der Waals surface area contributed by atoms with Gasteiger partial charge in [0.25, 0.3) is 0 Å². The van der Waals surface area contributed by atoms with Crippen LogP contribution in [0.25, 0.3) is 5.69 Å². The quantitative estimate of drug-likeness (QED) is 0.526. The van der Waals surface area contributed by atoms with Gasteiger partial charge in [0.1, 0.15) is 17.2 Å². The van der Waals surface area contributed by atoms with Gasteiger partial charge < -0.3 is 14.5 Å². The summed E-state index contributed by atoms with van der Waals surface area (Å²) in [6.07, 6.45) is 0.820. The molecular formula is C24H27ClFN7O2. The first-order chi connectivity index (χ1) is 16.7. The molecule has 9 nitrogen and oxygen atoms in total. The molecule has 2 aliphatic heterocycles. The van der Waals surface area contributed by atoms with E-state index in [1.54, 1.807) is 11.0 Å². The number of hydrogen-bond donors (Lipinski definition) is 0. The highest BCUT2D eigenvalue weighted by Gasteiger charge is 2.31. The third kappa shape index (κ3) is 4.88. The third-order valence-corrected chi connectivity index (χ3v) is 6.17. The van der Waals surface area contributed by atoms with Gasteiger partial charge in [0.15, 0.2) is 5.82 Å². The number of hydrogen-bond acceptors (Lipinski definition) is 7. The molecule has 1 aromatic carbocycles. The summed E-state index contributed by atoms with van der Waals surface area (Å²) in [4.78, 5) is 23.0. The van der Waals surface area contributed by atoms with Gasteiger partial charge in [0.2, 0.25) is 5.95 Å². The predicted molar refractivity (Wildman–Crippen MR) is 130 cm³/mol. The van der Waals surface area contributed by atoms with Crippen molar-refractivity contribution in [1.82, 2.24) is 24.6 Å². The summed E-state index contributed by atoms with van der Waals surface area (Å²) in [6.45, 7) is 8.92. The smallest absolute Gasteiger partial charge is 0.411 e. The van der Waals surface area contributed by atoms with Crippen LogP contribution in [0.15, 0.2) is 36.5 Å². The van der Waals surface area contributed by atoms with E-state index in [2.05, 4.69) is 25.0 Å². The van der Waals surface area contributed by atoms with Crippen LogP contribution in [0.5, 0.6) is 0 Å². The third-order valence-electron chi connectivity index (χ3n) is 5.94. The Hall–Kier alpha value is -3.40. The average Bonchev–Trinajstić information content (AvgIpc) is 3.14. The molecule has 35 heavy (non-hydrogen) atoms. The van der Waals surface area contributed by atoms with Crippen molar-refractivity contribution in [3.8, 4) is 5.69 Å². The van der Waals surface area contributed by atoms with E-state index in [1.807, 2.05) is 43.5 Å². The molecule has 184 valence electrons. The van der Waals surface area contributed by atoms with Gasteiger partial charge in [-0.2, -0.15) is 0 Å². The minimum atomic E-state index is -0.613. The van der Waals surface area contributed by atoms with E-state index in [0.29, 0.717) is 49.5 Å². The van der Waals surface area contributed by atoms with Crippen molar-refractivity contribution >= 4 is 29.5 Å². The van der Waals surface area contributed by atoms with Gasteiger partial charge >= 0.3 is 6.09 Å². The van der Waals surface area contributed by atoms with Crippen LogP contribution in [0.2, 0.25) is 5.02 Å². The van der Waals surface area contributed by atoms with Gasteiger partial charge in [0, 0.05) is 31.2 Å². The van der Waals surface area contributed by atoms with Crippen LogP contribution in [-0.4, -0.2) is 62.5 Å². The topological polar surface area (TPSA) is 79.6 Å². The number of rotatable bonds is 2. The fourth-order valence-corrected chi connectivity index (χ4v) is 4.53. The van der Waals surface area contributed by atoms with Crippen LogP contribution in [0.1, 0.15) is 32.2 Å². The largest absolute Gasteiger partial charge is 0.444 e. The first-order valence-corrected chi connectivity index (χ1v) is 11.9. The van der Waals surface area contributed by atoms with E-state index in [0.717, 1.165) is 17.1 Å². The molecule has 0 saturated carbocycles. The summed E-state index contributed by atoms with van der Waals surface area (Å²) in [5.41, 5.74) is 1.16. The lowest BCUT2D eigenvalue weighted by Crippen LogP contribution is -2.47. The van der Waals surface area contributed by atoms with Crippen LogP contribution in [0.4, 0.5) is 21.0 Å². The molecule has 0 N–H and O–H groups in total. The number of fused-ring (bicyclic) bond motifs is 3. The van der Waals surface area contributed by atoms with Crippen LogP contribution in [0, 0.1) is 5.82 Å². The maximum absolute atomic E-state index is 13.3. The first-order valence-electron chi connectivity index (χ1n) is 11.5. The number of benzene rings is 1. The Labute approximate surface area is 208 Å². The van der Waals surface area contributed by atoms with Crippen molar-refractivity contribution < 1.29 is 13.9 Å². The van der Waals surface area contributed by atoms with Crippen molar-refractivity contribution in [2.45, 2.75) is 39.5 Å². The minimum absolute atomic E-state index is 0.258. The maximum atomic E-state index is 13.3. The lowest BCUT2D eigenvalue weighted by atomic mass is 10.1. The van der Waals surface area contributed by atoms with E-state index in [4.69, 9.17) is 16.3 Å². The number of carbonyl (C=O) groups excluding carboxylic acids is 1. The second-order valence-electron chi connectivity index (χ2n) is 9.67. The zero-order chi connectivity index (χ0) is 24.7. The molecule has 4 heterocycles. The van der Waals surface area contributed by atoms with Gasteiger partial charge in [-0.15, -0.1) is 10.2 Å². The van der Waals surface area contributed by atoms with Gasteiger partial charge in [-0.1, -0.05) is 11.6 Å². The van der Waals surface area contributed by atoms with Crippen molar-refractivity contribution in [1.29, 1.82) is 0 Å². The summed E-state index contributed by atoms with van der Waals surface area (Å²) in [5, 5.41) is 9.55. The Morgan fingerprint density at radius 1 is 1.03 bits per heavy atom. The van der Waals surface area contributed by atoms with Gasteiger partial charge in [-0.3, -0.25) is 9.47 Å². The monoisotopic (exact) mass is 499 g/mol. The molecule has 2 aliphatic rings. The molecule has 5 rings (SSSR count). The second kappa shape index (κ2) is 8.99. The number of carbonyl (C=O) groups is 1. The van der Waals surface area contributed by atoms with E-state index >= 15 is 0 Å². The molecule has 2 aromatic heterocycles. The molecule has 11 heteroatoms. The zero-order valence-corrected chi connectivity index (χ0v) is 20.7. The highest BCUT2D eigenvalue weighted by Crippen LogP contribution is 2.31. The number of aromatic nitrogens is 4. The molecule has 1 fully saturated rings. The number of ether oxygens (including phenoxy) is 1. The second-order valence-corrected chi connectivity index (χ2v) is 10.1. The number of piperazine rings is 1. The Bertz CT molecular complexity index is 1230. The highest BCUT2D eigenvalue weighted by molar-refractivity contribution is 6.30. The predicted octanol–water partition coefficient (Wildman–Crippen LogP) is 4.03. The normalized spacial score (nSPS) is 16.0. The molecular weight excluding hydrogens is 473 g/mol. The van der Waals surface area contributed by atoms with E-state index < -0.39 is 11.7 Å². The Balaban J connectivity index is 1.43. The van der Waals surface area contributed by atoms with Crippen LogP contribution in [0.3, 0.4) is 0 Å². The Morgan fingerprint density at radius 2 is 1.77 bits per heavy atom. The zero-order valence-electron chi connectivity index (χ0n) is 19.9. The molecule has 1 saturated heterocycles. The Morgan fingerprint density at radius 3 is 2.46 bits per heavy atom. The van der Waals surface area contributed by atoms with Gasteiger partial charge in [-0.25, -0.2) is 14.2 Å². The summed E-state index contributed by atoms with van der Waals surface area (Å²) >= 11 is 6.32. The van der Waals surface area contributed by atoms with Crippen LogP contribution >= 0.6 is 11.6 Å². The molecule has 0 aliphatic carbocycles. The number of nitrogens with zero attached hydrogens (tertiary/aromatic N) is 7. The number of anilines is 2. The van der Waals surface area contributed by atoms with Gasteiger partial charge in [-0.05, 0) is 56.7 Å².